The molecule has 0 bridgehead atoms. The van der Waals surface area contributed by atoms with Crippen molar-refractivity contribution in [2.24, 2.45) is 0 Å². The minimum Gasteiger partial charge on any atom is -0.384 e. The normalized spacial score (nSPS) is 15.1. The fraction of sp³-hybridized carbons (Fsp3) is 0.182. The maximum absolute atomic E-state index is 12.1. The summed E-state index contributed by atoms with van der Waals surface area (Å²) < 4.78 is 14.9. The van der Waals surface area contributed by atoms with Crippen molar-refractivity contribution in [3.8, 4) is 0 Å². The van der Waals surface area contributed by atoms with Gasteiger partial charge in [0.1, 0.15) is 0 Å². The van der Waals surface area contributed by atoms with Gasteiger partial charge in [0.25, 0.3) is 0 Å². The zero-order valence-electron chi connectivity index (χ0n) is 8.97. The number of fused-ring (bicyclic) bond motifs is 1. The molecule has 0 radical (unpaired) electrons. The van der Waals surface area contributed by atoms with E-state index in [1.54, 1.807) is 6.20 Å². The van der Waals surface area contributed by atoms with E-state index in [0.717, 1.165) is 23.5 Å². The van der Waals surface area contributed by atoms with Gasteiger partial charge < -0.3 is 5.32 Å². The van der Waals surface area contributed by atoms with Gasteiger partial charge >= 0.3 is 0 Å². The molecule has 17 heavy (non-hydrogen) atoms. The van der Waals surface area contributed by atoms with Crippen LogP contribution in [0.1, 0.15) is 5.56 Å². The van der Waals surface area contributed by atoms with E-state index in [9.17, 15) is 4.21 Å². The van der Waals surface area contributed by atoms with Gasteiger partial charge in [-0.3, -0.25) is 4.72 Å². The quantitative estimate of drug-likeness (QED) is 0.895. The lowest BCUT2D eigenvalue weighted by Crippen LogP contribution is -2.04. The van der Waals surface area contributed by atoms with Crippen LogP contribution in [-0.4, -0.2) is 15.7 Å². The van der Waals surface area contributed by atoms with E-state index in [1.165, 1.54) is 16.9 Å². The summed E-state index contributed by atoms with van der Waals surface area (Å²) in [6, 6.07) is 5.86. The zero-order chi connectivity index (χ0) is 11.7. The predicted octanol–water partition coefficient (Wildman–Crippen LogP) is 2.25. The van der Waals surface area contributed by atoms with Crippen LogP contribution in [0.2, 0.25) is 0 Å². The molecule has 1 aromatic heterocycles. The minimum absolute atomic E-state index is 0.682. The van der Waals surface area contributed by atoms with Crippen LogP contribution in [0.4, 0.5) is 10.8 Å². The Labute approximate surface area is 106 Å². The van der Waals surface area contributed by atoms with E-state index in [4.69, 9.17) is 0 Å². The van der Waals surface area contributed by atoms with E-state index in [2.05, 4.69) is 15.0 Å². The standard InChI is InChI=1S/C11H11N3OS2/c15-17(14-11-13-5-6-16-11)9-1-2-10-8(7-9)3-4-12-10/h1-2,5-7,12H,3-4H2,(H,13,14). The van der Waals surface area contributed by atoms with Crippen molar-refractivity contribution in [1.82, 2.24) is 4.98 Å². The van der Waals surface area contributed by atoms with Crippen molar-refractivity contribution in [1.29, 1.82) is 0 Å². The second-order valence-corrected chi connectivity index (χ2v) is 5.81. The van der Waals surface area contributed by atoms with Gasteiger partial charge in [-0.25, -0.2) is 9.19 Å². The highest BCUT2D eigenvalue weighted by Crippen LogP contribution is 2.25. The van der Waals surface area contributed by atoms with Gasteiger partial charge in [0.2, 0.25) is 0 Å². The highest BCUT2D eigenvalue weighted by atomic mass is 32.2. The largest absolute Gasteiger partial charge is 0.384 e. The van der Waals surface area contributed by atoms with Crippen LogP contribution in [0.5, 0.6) is 0 Å². The number of benzene rings is 1. The van der Waals surface area contributed by atoms with Gasteiger partial charge in [0.05, 0.1) is 4.90 Å². The average molecular weight is 265 g/mol. The van der Waals surface area contributed by atoms with E-state index in [-0.39, 0.29) is 0 Å². The Morgan fingerprint density at radius 2 is 2.41 bits per heavy atom. The number of nitrogens with zero attached hydrogens (tertiary/aromatic N) is 1. The van der Waals surface area contributed by atoms with Crippen LogP contribution < -0.4 is 10.0 Å². The Morgan fingerprint density at radius 1 is 1.47 bits per heavy atom. The number of anilines is 2. The Balaban J connectivity index is 1.82. The second-order valence-electron chi connectivity index (χ2n) is 3.70. The van der Waals surface area contributed by atoms with Gasteiger partial charge in [-0.05, 0) is 30.2 Å². The third-order valence-electron chi connectivity index (χ3n) is 2.61. The first-order valence-electron chi connectivity index (χ1n) is 5.28. The lowest BCUT2D eigenvalue weighted by Gasteiger charge is -2.05. The molecule has 3 rings (SSSR count). The molecular formula is C11H11N3OS2. The number of aromatic nitrogens is 1. The molecular weight excluding hydrogens is 254 g/mol. The summed E-state index contributed by atoms with van der Waals surface area (Å²) in [5, 5.41) is 5.82. The summed E-state index contributed by atoms with van der Waals surface area (Å²) in [5.74, 6) is 0. The molecule has 1 aromatic carbocycles. The fourth-order valence-corrected chi connectivity index (χ4v) is 3.37. The molecule has 2 N–H and O–H groups in total. The van der Waals surface area contributed by atoms with Gasteiger partial charge in [-0.2, -0.15) is 0 Å². The maximum atomic E-state index is 12.1. The molecule has 6 heteroatoms. The third kappa shape index (κ3) is 2.18. The number of rotatable bonds is 3. The lowest BCUT2D eigenvalue weighted by molar-refractivity contribution is 0.686. The van der Waals surface area contributed by atoms with Crippen molar-refractivity contribution in [3.05, 3.63) is 35.3 Å². The van der Waals surface area contributed by atoms with Gasteiger partial charge in [0.15, 0.2) is 16.1 Å². The SMILES string of the molecule is O=S(Nc1nccs1)c1ccc2c(c1)CCN2. The highest BCUT2D eigenvalue weighted by molar-refractivity contribution is 7.86. The molecule has 0 aliphatic carbocycles. The molecule has 1 aliphatic rings. The molecule has 2 aromatic rings. The first kappa shape index (κ1) is 10.7. The van der Waals surface area contributed by atoms with Gasteiger partial charge in [0, 0.05) is 23.8 Å². The molecule has 4 nitrogen and oxygen atoms in total. The Hall–Kier alpha value is -1.40. The van der Waals surface area contributed by atoms with Crippen LogP contribution in [0.3, 0.4) is 0 Å². The summed E-state index contributed by atoms with van der Waals surface area (Å²) in [6.45, 7) is 0.964. The van der Waals surface area contributed by atoms with E-state index in [1.807, 2.05) is 23.6 Å². The van der Waals surface area contributed by atoms with Gasteiger partial charge in [-0.1, -0.05) is 0 Å². The zero-order valence-corrected chi connectivity index (χ0v) is 10.6. The Morgan fingerprint density at radius 3 is 3.24 bits per heavy atom. The molecule has 88 valence electrons. The van der Waals surface area contributed by atoms with Crippen LogP contribution in [0.15, 0.2) is 34.7 Å². The molecule has 2 heterocycles. The summed E-state index contributed by atoms with van der Waals surface area (Å²) in [4.78, 5) is 4.85. The summed E-state index contributed by atoms with van der Waals surface area (Å²) in [7, 11) is -1.24. The van der Waals surface area contributed by atoms with Crippen molar-refractivity contribution < 1.29 is 4.21 Å². The molecule has 0 spiro atoms. The average Bonchev–Trinajstić information content (AvgIpc) is 2.97. The maximum Gasteiger partial charge on any atom is 0.194 e. The minimum atomic E-state index is -1.24. The van der Waals surface area contributed by atoms with Crippen molar-refractivity contribution in [2.45, 2.75) is 11.3 Å². The predicted molar refractivity (Wildman–Crippen MR) is 70.8 cm³/mol. The summed E-state index contributed by atoms with van der Waals surface area (Å²) >= 11 is 1.44. The van der Waals surface area contributed by atoms with Crippen molar-refractivity contribution >= 4 is 33.1 Å². The van der Waals surface area contributed by atoms with Crippen LogP contribution in [0.25, 0.3) is 0 Å². The molecule has 1 aliphatic heterocycles. The number of hydrogen-bond donors (Lipinski definition) is 2. The number of thiazole rings is 1. The van der Waals surface area contributed by atoms with Gasteiger partial charge in [-0.15, -0.1) is 11.3 Å². The summed E-state index contributed by atoms with van der Waals surface area (Å²) in [6.07, 6.45) is 2.69. The third-order valence-corrected chi connectivity index (χ3v) is 4.49. The first-order valence-corrected chi connectivity index (χ1v) is 7.30. The Bertz CT molecular complexity index is 554. The van der Waals surface area contributed by atoms with Crippen LogP contribution in [0, 0.1) is 0 Å². The van der Waals surface area contributed by atoms with E-state index < -0.39 is 11.0 Å². The molecule has 0 fully saturated rings. The number of nitrogens with one attached hydrogen (secondary N) is 2. The number of hydrogen-bond acceptors (Lipinski definition) is 4. The molecule has 1 atom stereocenters. The molecule has 0 saturated carbocycles. The smallest absolute Gasteiger partial charge is 0.194 e. The Kier molecular flexibility index (Phi) is 2.82. The van der Waals surface area contributed by atoms with Crippen LogP contribution >= 0.6 is 11.3 Å². The molecule has 1 unspecified atom stereocenters. The van der Waals surface area contributed by atoms with Crippen LogP contribution in [-0.2, 0) is 17.4 Å². The van der Waals surface area contributed by atoms with Crippen molar-refractivity contribution in [3.63, 3.8) is 0 Å². The fourth-order valence-electron chi connectivity index (χ4n) is 1.81. The monoisotopic (exact) mass is 265 g/mol. The van der Waals surface area contributed by atoms with Crippen molar-refractivity contribution in [2.75, 3.05) is 16.6 Å². The lowest BCUT2D eigenvalue weighted by atomic mass is 10.2. The highest BCUT2D eigenvalue weighted by Gasteiger charge is 2.13. The molecule has 0 amide bonds. The van der Waals surface area contributed by atoms with E-state index in [0.29, 0.717) is 5.13 Å². The second kappa shape index (κ2) is 4.46. The van der Waals surface area contributed by atoms with E-state index >= 15 is 0 Å². The molecule has 0 saturated heterocycles. The topological polar surface area (TPSA) is 54.0 Å². The first-order chi connectivity index (χ1) is 8.33. The summed E-state index contributed by atoms with van der Waals surface area (Å²) in [5.41, 5.74) is 2.39.